The predicted octanol–water partition coefficient (Wildman–Crippen LogP) is 1.14. The Hall–Kier alpha value is -1.70. The molecular formula is C15H21N3O3S. The molecule has 0 unspecified atom stereocenters. The van der Waals surface area contributed by atoms with E-state index in [1.54, 1.807) is 12.1 Å². The third-order valence-electron chi connectivity index (χ3n) is 3.53. The number of carbonyl (C=O) groups excluding carboxylic acids is 1. The molecule has 0 spiro atoms. The van der Waals surface area contributed by atoms with Gasteiger partial charge in [0.25, 0.3) is 0 Å². The van der Waals surface area contributed by atoms with E-state index in [1.165, 1.54) is 23.4 Å². The SMILES string of the molecule is C=CCN1CCN(S(=O)(=O)c2ccc(NC(C)=O)cc2)CC1. The number of anilines is 1. The predicted molar refractivity (Wildman–Crippen MR) is 86.1 cm³/mol. The van der Waals surface area contributed by atoms with Gasteiger partial charge in [-0.1, -0.05) is 6.08 Å². The lowest BCUT2D eigenvalue weighted by molar-refractivity contribution is -0.114. The van der Waals surface area contributed by atoms with Gasteiger partial charge in [0.05, 0.1) is 4.90 Å². The minimum Gasteiger partial charge on any atom is -0.326 e. The Morgan fingerprint density at radius 3 is 2.32 bits per heavy atom. The Morgan fingerprint density at radius 1 is 1.23 bits per heavy atom. The van der Waals surface area contributed by atoms with E-state index in [0.29, 0.717) is 31.9 Å². The van der Waals surface area contributed by atoms with Crippen molar-refractivity contribution in [2.75, 3.05) is 38.0 Å². The first-order valence-corrected chi connectivity index (χ1v) is 8.58. The van der Waals surface area contributed by atoms with Crippen molar-refractivity contribution in [3.63, 3.8) is 0 Å². The molecule has 1 aliphatic rings. The maximum absolute atomic E-state index is 12.6. The molecule has 1 fully saturated rings. The summed E-state index contributed by atoms with van der Waals surface area (Å²) in [6, 6.07) is 6.25. The van der Waals surface area contributed by atoms with Crippen molar-refractivity contribution in [2.24, 2.45) is 0 Å². The van der Waals surface area contributed by atoms with E-state index < -0.39 is 10.0 Å². The fraction of sp³-hybridized carbons (Fsp3) is 0.400. The van der Waals surface area contributed by atoms with Crippen molar-refractivity contribution < 1.29 is 13.2 Å². The second-order valence-corrected chi connectivity index (χ2v) is 7.14. The number of nitrogens with zero attached hydrogens (tertiary/aromatic N) is 2. The third-order valence-corrected chi connectivity index (χ3v) is 5.44. The van der Waals surface area contributed by atoms with Crippen molar-refractivity contribution in [1.82, 2.24) is 9.21 Å². The number of sulfonamides is 1. The van der Waals surface area contributed by atoms with E-state index in [9.17, 15) is 13.2 Å². The lowest BCUT2D eigenvalue weighted by Gasteiger charge is -2.33. The summed E-state index contributed by atoms with van der Waals surface area (Å²) in [4.78, 5) is 13.4. The van der Waals surface area contributed by atoms with Gasteiger partial charge >= 0.3 is 0 Å². The van der Waals surface area contributed by atoms with Crippen LogP contribution in [-0.4, -0.2) is 56.3 Å². The van der Waals surface area contributed by atoms with Crippen LogP contribution in [-0.2, 0) is 14.8 Å². The molecule has 22 heavy (non-hydrogen) atoms. The zero-order chi connectivity index (χ0) is 16.2. The highest BCUT2D eigenvalue weighted by atomic mass is 32.2. The number of piperazine rings is 1. The van der Waals surface area contributed by atoms with E-state index in [-0.39, 0.29) is 10.8 Å². The van der Waals surface area contributed by atoms with Crippen LogP contribution < -0.4 is 5.32 Å². The zero-order valence-corrected chi connectivity index (χ0v) is 13.5. The van der Waals surface area contributed by atoms with E-state index in [2.05, 4.69) is 16.8 Å². The van der Waals surface area contributed by atoms with Gasteiger partial charge in [0.15, 0.2) is 0 Å². The average molecular weight is 323 g/mol. The number of rotatable bonds is 5. The molecule has 0 saturated carbocycles. The van der Waals surface area contributed by atoms with Gasteiger partial charge in [-0.3, -0.25) is 9.69 Å². The summed E-state index contributed by atoms with van der Waals surface area (Å²) in [5, 5.41) is 2.62. The molecule has 6 nitrogen and oxygen atoms in total. The molecule has 2 rings (SSSR count). The smallest absolute Gasteiger partial charge is 0.243 e. The van der Waals surface area contributed by atoms with E-state index in [4.69, 9.17) is 0 Å². The minimum absolute atomic E-state index is 0.186. The van der Waals surface area contributed by atoms with E-state index in [0.717, 1.165) is 6.54 Å². The molecule has 0 atom stereocenters. The summed E-state index contributed by atoms with van der Waals surface area (Å²) in [7, 11) is -3.48. The molecule has 1 aromatic carbocycles. The summed E-state index contributed by atoms with van der Waals surface area (Å²) < 4.78 is 26.7. The largest absolute Gasteiger partial charge is 0.326 e. The van der Waals surface area contributed by atoms with Gasteiger partial charge in [-0.25, -0.2) is 8.42 Å². The quantitative estimate of drug-likeness (QED) is 0.825. The van der Waals surface area contributed by atoms with Gasteiger partial charge in [-0.05, 0) is 24.3 Å². The summed E-state index contributed by atoms with van der Waals surface area (Å²) in [6.07, 6.45) is 1.82. The van der Waals surface area contributed by atoms with Crippen LogP contribution in [0, 0.1) is 0 Å². The summed E-state index contributed by atoms with van der Waals surface area (Å²) in [5.41, 5.74) is 0.585. The highest BCUT2D eigenvalue weighted by molar-refractivity contribution is 7.89. The molecular weight excluding hydrogens is 302 g/mol. The number of hydrogen-bond donors (Lipinski definition) is 1. The Labute approximate surface area is 131 Å². The maximum atomic E-state index is 12.6. The number of carbonyl (C=O) groups is 1. The molecule has 1 N–H and O–H groups in total. The second kappa shape index (κ2) is 7.04. The van der Waals surface area contributed by atoms with Crippen LogP contribution in [0.5, 0.6) is 0 Å². The first kappa shape index (κ1) is 16.7. The fourth-order valence-electron chi connectivity index (χ4n) is 2.40. The van der Waals surface area contributed by atoms with Crippen molar-refractivity contribution in [3.05, 3.63) is 36.9 Å². The van der Waals surface area contributed by atoms with Gasteiger partial charge in [0.2, 0.25) is 15.9 Å². The molecule has 0 aliphatic carbocycles. The standard InChI is InChI=1S/C15H21N3O3S/c1-3-8-17-9-11-18(12-10-17)22(20,21)15-6-4-14(5-7-15)16-13(2)19/h3-7H,1,8-12H2,2H3,(H,16,19). The Balaban J connectivity index is 2.07. The molecule has 0 aromatic heterocycles. The Morgan fingerprint density at radius 2 is 1.82 bits per heavy atom. The molecule has 0 bridgehead atoms. The lowest BCUT2D eigenvalue weighted by atomic mass is 10.3. The van der Waals surface area contributed by atoms with Gasteiger partial charge in [0.1, 0.15) is 0 Å². The molecule has 7 heteroatoms. The number of benzene rings is 1. The topological polar surface area (TPSA) is 69.7 Å². The number of amides is 1. The van der Waals surface area contributed by atoms with Crippen LogP contribution in [0.4, 0.5) is 5.69 Å². The first-order valence-electron chi connectivity index (χ1n) is 7.14. The first-order chi connectivity index (χ1) is 10.4. The summed E-state index contributed by atoms with van der Waals surface area (Å²) >= 11 is 0. The zero-order valence-electron chi connectivity index (χ0n) is 12.7. The normalized spacial score (nSPS) is 17.1. The van der Waals surface area contributed by atoms with Crippen LogP contribution in [0.25, 0.3) is 0 Å². The van der Waals surface area contributed by atoms with Crippen LogP contribution in [0.2, 0.25) is 0 Å². The second-order valence-electron chi connectivity index (χ2n) is 5.20. The lowest BCUT2D eigenvalue weighted by Crippen LogP contribution is -2.48. The molecule has 1 aromatic rings. The summed E-state index contributed by atoms with van der Waals surface area (Å²) in [5.74, 6) is -0.186. The third kappa shape index (κ3) is 3.94. The molecule has 120 valence electrons. The fourth-order valence-corrected chi connectivity index (χ4v) is 3.82. The maximum Gasteiger partial charge on any atom is 0.243 e. The van der Waals surface area contributed by atoms with Crippen LogP contribution in [0.15, 0.2) is 41.8 Å². The minimum atomic E-state index is -3.48. The molecule has 0 radical (unpaired) electrons. The van der Waals surface area contributed by atoms with Crippen molar-refractivity contribution in [3.8, 4) is 0 Å². The van der Waals surface area contributed by atoms with Crippen molar-refractivity contribution in [1.29, 1.82) is 0 Å². The monoisotopic (exact) mass is 323 g/mol. The molecule has 1 heterocycles. The van der Waals surface area contributed by atoms with Crippen LogP contribution in [0.1, 0.15) is 6.92 Å². The highest BCUT2D eigenvalue weighted by Crippen LogP contribution is 2.19. The van der Waals surface area contributed by atoms with Gasteiger partial charge in [-0.2, -0.15) is 4.31 Å². The van der Waals surface area contributed by atoms with Gasteiger partial charge in [-0.15, -0.1) is 6.58 Å². The van der Waals surface area contributed by atoms with Gasteiger partial charge in [0, 0.05) is 45.3 Å². The van der Waals surface area contributed by atoms with E-state index in [1.807, 2.05) is 6.08 Å². The summed E-state index contributed by atoms with van der Waals surface area (Å²) in [6.45, 7) is 8.24. The molecule has 1 amide bonds. The molecule has 1 saturated heterocycles. The van der Waals surface area contributed by atoms with Crippen molar-refractivity contribution in [2.45, 2.75) is 11.8 Å². The van der Waals surface area contributed by atoms with Crippen LogP contribution in [0.3, 0.4) is 0 Å². The van der Waals surface area contributed by atoms with Crippen molar-refractivity contribution >= 4 is 21.6 Å². The Bertz CT molecular complexity index is 633. The molecule has 1 aliphatic heterocycles. The van der Waals surface area contributed by atoms with Crippen LogP contribution >= 0.6 is 0 Å². The van der Waals surface area contributed by atoms with E-state index >= 15 is 0 Å². The number of hydrogen-bond acceptors (Lipinski definition) is 4. The number of nitrogens with one attached hydrogen (secondary N) is 1. The Kier molecular flexibility index (Phi) is 5.33. The highest BCUT2D eigenvalue weighted by Gasteiger charge is 2.27. The average Bonchev–Trinajstić information content (AvgIpc) is 2.48. The van der Waals surface area contributed by atoms with Gasteiger partial charge < -0.3 is 5.32 Å².